The van der Waals surface area contributed by atoms with Crippen molar-refractivity contribution in [2.24, 2.45) is 22.7 Å². The van der Waals surface area contributed by atoms with Crippen LogP contribution in [0.2, 0.25) is 0 Å². The zero-order valence-corrected chi connectivity index (χ0v) is 12.8. The van der Waals surface area contributed by atoms with E-state index in [0.717, 1.165) is 49.7 Å². The number of rotatable bonds is 2. The standard InChI is InChI=1S/C18H22O3/c1-11-7-13-3-5-17(11,9-13)15(19)21-16(20)18-6-4-14(10-18)8-12(18)2/h7-8,13-14H,3-6,9-10H2,1-2H3. The van der Waals surface area contributed by atoms with Crippen molar-refractivity contribution in [2.45, 2.75) is 52.4 Å². The molecule has 0 aromatic heterocycles. The van der Waals surface area contributed by atoms with Crippen molar-refractivity contribution in [3.63, 3.8) is 0 Å². The van der Waals surface area contributed by atoms with Crippen LogP contribution in [0.1, 0.15) is 52.4 Å². The summed E-state index contributed by atoms with van der Waals surface area (Å²) >= 11 is 0. The molecule has 4 aliphatic carbocycles. The minimum atomic E-state index is -0.495. The highest BCUT2D eigenvalue weighted by molar-refractivity contribution is 5.95. The SMILES string of the molecule is CC1=CC2CCC1(C(=O)OC(=O)C13CCC(C=C1C)C3)C2. The summed E-state index contributed by atoms with van der Waals surface area (Å²) in [4.78, 5) is 25.4. The number of hydrogen-bond donors (Lipinski definition) is 0. The van der Waals surface area contributed by atoms with E-state index in [-0.39, 0.29) is 11.9 Å². The molecule has 0 aromatic carbocycles. The topological polar surface area (TPSA) is 43.4 Å². The van der Waals surface area contributed by atoms with Crippen molar-refractivity contribution in [1.82, 2.24) is 0 Å². The van der Waals surface area contributed by atoms with Gasteiger partial charge in [-0.25, -0.2) is 0 Å². The summed E-state index contributed by atoms with van der Waals surface area (Å²) in [6, 6.07) is 0. The molecule has 3 heteroatoms. The van der Waals surface area contributed by atoms with Gasteiger partial charge >= 0.3 is 11.9 Å². The molecule has 4 rings (SSSR count). The molecule has 3 nitrogen and oxygen atoms in total. The molecule has 0 spiro atoms. The molecule has 0 amide bonds. The zero-order valence-electron chi connectivity index (χ0n) is 12.8. The summed E-state index contributed by atoms with van der Waals surface area (Å²) in [5.74, 6) is 0.433. The second-order valence-electron chi connectivity index (χ2n) is 7.55. The maximum atomic E-state index is 12.7. The molecule has 4 atom stereocenters. The Morgan fingerprint density at radius 3 is 1.67 bits per heavy atom. The Hall–Kier alpha value is -1.38. The number of hydrogen-bond acceptors (Lipinski definition) is 3. The van der Waals surface area contributed by atoms with Gasteiger partial charge in [0.15, 0.2) is 0 Å². The largest absolute Gasteiger partial charge is 0.392 e. The molecule has 0 radical (unpaired) electrons. The first kappa shape index (κ1) is 13.3. The zero-order chi connectivity index (χ0) is 14.8. The summed E-state index contributed by atoms with van der Waals surface area (Å²) < 4.78 is 5.44. The lowest BCUT2D eigenvalue weighted by Crippen LogP contribution is -2.38. The maximum absolute atomic E-state index is 12.7. The molecule has 4 bridgehead atoms. The average Bonchev–Trinajstić information content (AvgIpc) is 3.15. The van der Waals surface area contributed by atoms with Crippen LogP contribution in [0, 0.1) is 22.7 Å². The average molecular weight is 286 g/mol. The van der Waals surface area contributed by atoms with E-state index in [1.165, 1.54) is 0 Å². The Morgan fingerprint density at radius 1 is 0.952 bits per heavy atom. The van der Waals surface area contributed by atoms with Crippen LogP contribution in [0.25, 0.3) is 0 Å². The van der Waals surface area contributed by atoms with E-state index in [1.54, 1.807) is 0 Å². The highest BCUT2D eigenvalue weighted by Gasteiger charge is 2.56. The molecule has 0 saturated heterocycles. The molecule has 4 unspecified atom stereocenters. The van der Waals surface area contributed by atoms with E-state index in [1.807, 2.05) is 13.8 Å². The van der Waals surface area contributed by atoms with E-state index in [0.29, 0.717) is 11.8 Å². The highest BCUT2D eigenvalue weighted by Crippen LogP contribution is 2.57. The smallest absolute Gasteiger partial charge is 0.323 e. The molecule has 0 heterocycles. The lowest BCUT2D eigenvalue weighted by Gasteiger charge is -2.29. The van der Waals surface area contributed by atoms with Gasteiger partial charge in [0, 0.05) is 0 Å². The fourth-order valence-electron chi connectivity index (χ4n) is 5.17. The van der Waals surface area contributed by atoms with Crippen LogP contribution in [0.4, 0.5) is 0 Å². The first-order valence-corrected chi connectivity index (χ1v) is 8.11. The second-order valence-corrected chi connectivity index (χ2v) is 7.55. The Bertz CT molecular complexity index is 548. The van der Waals surface area contributed by atoms with E-state index in [4.69, 9.17) is 4.74 Å². The lowest BCUT2D eigenvalue weighted by atomic mass is 9.79. The highest BCUT2D eigenvalue weighted by atomic mass is 16.6. The van der Waals surface area contributed by atoms with Gasteiger partial charge < -0.3 is 4.74 Å². The van der Waals surface area contributed by atoms with Crippen LogP contribution in [0.3, 0.4) is 0 Å². The molecule has 0 N–H and O–H groups in total. The first-order valence-electron chi connectivity index (χ1n) is 8.11. The van der Waals surface area contributed by atoms with Gasteiger partial charge in [-0.15, -0.1) is 0 Å². The number of allylic oxidation sites excluding steroid dienone is 2. The minimum Gasteiger partial charge on any atom is -0.392 e. The number of esters is 2. The normalized spacial score (nSPS) is 43.0. The van der Waals surface area contributed by atoms with Crippen molar-refractivity contribution >= 4 is 11.9 Å². The van der Waals surface area contributed by atoms with Crippen LogP contribution in [-0.4, -0.2) is 11.9 Å². The van der Waals surface area contributed by atoms with Crippen molar-refractivity contribution in [3.8, 4) is 0 Å². The van der Waals surface area contributed by atoms with Crippen LogP contribution in [0.5, 0.6) is 0 Å². The predicted octanol–water partition coefficient (Wildman–Crippen LogP) is 3.55. The summed E-state index contributed by atoms with van der Waals surface area (Å²) in [5.41, 5.74) is 1.23. The number of fused-ring (bicyclic) bond motifs is 4. The molecule has 0 aromatic rings. The van der Waals surface area contributed by atoms with Crippen molar-refractivity contribution in [2.75, 3.05) is 0 Å². The minimum absolute atomic E-state index is 0.293. The van der Waals surface area contributed by atoms with Gasteiger partial charge in [0.05, 0.1) is 10.8 Å². The van der Waals surface area contributed by atoms with Gasteiger partial charge in [0.1, 0.15) is 0 Å². The summed E-state index contributed by atoms with van der Waals surface area (Å²) in [7, 11) is 0. The fourth-order valence-corrected chi connectivity index (χ4v) is 5.17. The Kier molecular flexibility index (Phi) is 2.59. The third-order valence-corrected chi connectivity index (χ3v) is 6.55. The summed E-state index contributed by atoms with van der Waals surface area (Å²) in [6.07, 6.45) is 9.86. The van der Waals surface area contributed by atoms with Crippen molar-refractivity contribution in [3.05, 3.63) is 23.3 Å². The molecule has 21 heavy (non-hydrogen) atoms. The Labute approximate surface area is 125 Å². The van der Waals surface area contributed by atoms with E-state index >= 15 is 0 Å². The second kappa shape index (κ2) is 4.08. The summed E-state index contributed by atoms with van der Waals surface area (Å²) in [6.45, 7) is 4.02. The van der Waals surface area contributed by atoms with Gasteiger partial charge in [0.2, 0.25) is 0 Å². The number of carbonyl (C=O) groups is 2. The third kappa shape index (κ3) is 1.60. The molecule has 2 fully saturated rings. The molecular weight excluding hydrogens is 264 g/mol. The van der Waals surface area contributed by atoms with Gasteiger partial charge in [-0.1, -0.05) is 23.3 Å². The predicted molar refractivity (Wildman–Crippen MR) is 78.2 cm³/mol. The quantitative estimate of drug-likeness (QED) is 0.443. The molecule has 112 valence electrons. The van der Waals surface area contributed by atoms with Crippen molar-refractivity contribution in [1.29, 1.82) is 0 Å². The molecule has 0 aliphatic heterocycles. The summed E-state index contributed by atoms with van der Waals surface area (Å²) in [5, 5.41) is 0. The van der Waals surface area contributed by atoms with E-state index in [9.17, 15) is 9.59 Å². The van der Waals surface area contributed by atoms with Crippen LogP contribution in [-0.2, 0) is 14.3 Å². The van der Waals surface area contributed by atoms with Gasteiger partial charge in [-0.3, -0.25) is 9.59 Å². The van der Waals surface area contributed by atoms with Gasteiger partial charge in [-0.2, -0.15) is 0 Å². The van der Waals surface area contributed by atoms with Crippen LogP contribution < -0.4 is 0 Å². The van der Waals surface area contributed by atoms with Crippen molar-refractivity contribution < 1.29 is 14.3 Å². The Morgan fingerprint density at radius 2 is 1.38 bits per heavy atom. The van der Waals surface area contributed by atoms with Gasteiger partial charge in [0.25, 0.3) is 0 Å². The Balaban J connectivity index is 1.55. The third-order valence-electron chi connectivity index (χ3n) is 6.55. The molecule has 4 aliphatic rings. The number of carbonyl (C=O) groups excluding carboxylic acids is 2. The van der Waals surface area contributed by atoms with Gasteiger partial charge in [-0.05, 0) is 64.2 Å². The molecular formula is C18H22O3. The van der Waals surface area contributed by atoms with E-state index in [2.05, 4.69) is 12.2 Å². The fraction of sp³-hybridized carbons (Fsp3) is 0.667. The molecule has 2 saturated carbocycles. The van der Waals surface area contributed by atoms with Crippen LogP contribution in [0.15, 0.2) is 23.3 Å². The first-order chi connectivity index (χ1) is 9.96. The van der Waals surface area contributed by atoms with E-state index < -0.39 is 10.8 Å². The number of ether oxygens (including phenoxy) is 1. The van der Waals surface area contributed by atoms with Crippen LogP contribution >= 0.6 is 0 Å². The lowest BCUT2D eigenvalue weighted by molar-refractivity contribution is -0.171. The monoisotopic (exact) mass is 286 g/mol. The maximum Gasteiger partial charge on any atom is 0.323 e.